The van der Waals surface area contributed by atoms with Crippen LogP contribution in [-0.2, 0) is 0 Å². The molecule has 2 aromatic rings. The van der Waals surface area contributed by atoms with Crippen LogP contribution in [0.3, 0.4) is 0 Å². The van der Waals surface area contributed by atoms with E-state index in [1.807, 2.05) is 0 Å². The molecule has 0 fully saturated rings. The van der Waals surface area contributed by atoms with E-state index in [0.717, 1.165) is 0 Å². The van der Waals surface area contributed by atoms with Crippen LogP contribution in [0.5, 0.6) is 0 Å². The summed E-state index contributed by atoms with van der Waals surface area (Å²) >= 11 is 0. The molecule has 0 spiro atoms. The highest BCUT2D eigenvalue weighted by Crippen LogP contribution is 2.26. The molecule has 0 aliphatic carbocycles. The molecule has 6 heteroatoms. The van der Waals surface area contributed by atoms with Gasteiger partial charge in [-0.05, 0) is 13.1 Å². The fourth-order valence-corrected chi connectivity index (χ4v) is 1.71. The largest absolute Gasteiger partial charge is 0.308 e. The molecule has 0 radical (unpaired) electrons. The lowest BCUT2D eigenvalue weighted by Crippen LogP contribution is -2.21. The second-order valence-corrected chi connectivity index (χ2v) is 3.52. The van der Waals surface area contributed by atoms with Gasteiger partial charge in [0.25, 0.3) is 0 Å². The predicted octanol–water partition coefficient (Wildman–Crippen LogP) is 2.14. The van der Waals surface area contributed by atoms with Gasteiger partial charge in [-0.25, -0.2) is 13.2 Å². The summed E-state index contributed by atoms with van der Waals surface area (Å²) in [5.41, 5.74) is 0.259. The summed E-state index contributed by atoms with van der Waals surface area (Å²) in [6.07, 6.45) is 1.47. The Morgan fingerprint density at radius 3 is 2.35 bits per heavy atom. The highest BCUT2D eigenvalue weighted by atomic mass is 19.1. The van der Waals surface area contributed by atoms with Crippen molar-refractivity contribution in [2.24, 2.45) is 0 Å². The number of nitrogens with one attached hydrogen (secondary N) is 2. The molecule has 1 heterocycles. The fourth-order valence-electron chi connectivity index (χ4n) is 1.71. The van der Waals surface area contributed by atoms with Crippen molar-refractivity contribution in [3.05, 3.63) is 53.1 Å². The predicted molar refractivity (Wildman–Crippen MR) is 55.8 cm³/mol. The summed E-state index contributed by atoms with van der Waals surface area (Å²) in [5, 5.41) is 9.07. The van der Waals surface area contributed by atoms with Crippen LogP contribution in [0.25, 0.3) is 0 Å². The monoisotopic (exact) mass is 241 g/mol. The van der Waals surface area contributed by atoms with Gasteiger partial charge in [-0.1, -0.05) is 0 Å². The summed E-state index contributed by atoms with van der Waals surface area (Å²) in [6.45, 7) is 0. The van der Waals surface area contributed by atoms with Crippen LogP contribution in [0.2, 0.25) is 0 Å². The van der Waals surface area contributed by atoms with Gasteiger partial charge in [0.05, 0.1) is 11.7 Å². The third kappa shape index (κ3) is 2.16. The van der Waals surface area contributed by atoms with Crippen LogP contribution in [0.4, 0.5) is 13.2 Å². The lowest BCUT2D eigenvalue weighted by atomic mass is 10.0. The molecule has 2 N–H and O–H groups in total. The molecule has 1 aromatic carbocycles. The van der Waals surface area contributed by atoms with Crippen molar-refractivity contribution in [2.45, 2.75) is 6.04 Å². The van der Waals surface area contributed by atoms with Crippen LogP contribution >= 0.6 is 0 Å². The first kappa shape index (κ1) is 11.7. The Kier molecular flexibility index (Phi) is 3.14. The van der Waals surface area contributed by atoms with Gasteiger partial charge in [0.1, 0.15) is 17.5 Å². The lowest BCUT2D eigenvalue weighted by Gasteiger charge is -2.16. The maximum absolute atomic E-state index is 13.6. The molecule has 17 heavy (non-hydrogen) atoms. The van der Waals surface area contributed by atoms with E-state index in [9.17, 15) is 13.2 Å². The Balaban J connectivity index is 2.52. The fraction of sp³-hybridized carbons (Fsp3) is 0.182. The molecule has 0 aliphatic rings. The van der Waals surface area contributed by atoms with Gasteiger partial charge in [-0.2, -0.15) is 5.10 Å². The SMILES string of the molecule is CNC(c1ccn[nH]1)c1c(F)cc(F)cc1F. The number of aromatic nitrogens is 2. The van der Waals surface area contributed by atoms with E-state index in [1.165, 1.54) is 6.20 Å². The Bertz CT molecular complexity index is 488. The van der Waals surface area contributed by atoms with Gasteiger partial charge in [-0.15, -0.1) is 0 Å². The summed E-state index contributed by atoms with van der Waals surface area (Å²) in [5.74, 6) is -2.81. The number of aromatic amines is 1. The highest BCUT2D eigenvalue weighted by molar-refractivity contribution is 5.30. The molecule has 0 saturated heterocycles. The van der Waals surface area contributed by atoms with Crippen LogP contribution < -0.4 is 5.32 Å². The van der Waals surface area contributed by atoms with Crippen molar-refractivity contribution >= 4 is 0 Å². The molecule has 1 atom stereocenters. The summed E-state index contributed by atoms with van der Waals surface area (Å²) in [4.78, 5) is 0. The van der Waals surface area contributed by atoms with Gasteiger partial charge < -0.3 is 5.32 Å². The van der Waals surface area contributed by atoms with Crippen LogP contribution in [0.1, 0.15) is 17.3 Å². The number of rotatable bonds is 3. The molecule has 0 bridgehead atoms. The van der Waals surface area contributed by atoms with E-state index in [1.54, 1.807) is 13.1 Å². The molecule has 1 unspecified atom stereocenters. The quantitative estimate of drug-likeness (QED) is 0.864. The third-order valence-electron chi connectivity index (χ3n) is 2.45. The topological polar surface area (TPSA) is 40.7 Å². The first-order valence-electron chi connectivity index (χ1n) is 4.94. The average Bonchev–Trinajstić information content (AvgIpc) is 2.76. The van der Waals surface area contributed by atoms with E-state index < -0.39 is 23.5 Å². The van der Waals surface area contributed by atoms with Crippen molar-refractivity contribution in [2.75, 3.05) is 7.05 Å². The number of hydrogen-bond acceptors (Lipinski definition) is 2. The molecule has 3 nitrogen and oxygen atoms in total. The molecule has 2 rings (SSSR count). The smallest absolute Gasteiger partial charge is 0.134 e. The Morgan fingerprint density at radius 2 is 1.88 bits per heavy atom. The Labute approximate surface area is 95.7 Å². The van der Waals surface area contributed by atoms with Crippen molar-refractivity contribution < 1.29 is 13.2 Å². The van der Waals surface area contributed by atoms with Crippen molar-refractivity contribution in [1.82, 2.24) is 15.5 Å². The number of halogens is 3. The minimum absolute atomic E-state index is 0.238. The zero-order chi connectivity index (χ0) is 12.4. The molecule has 0 amide bonds. The van der Waals surface area contributed by atoms with E-state index in [-0.39, 0.29) is 5.56 Å². The Hall–Kier alpha value is -1.82. The Morgan fingerprint density at radius 1 is 1.24 bits per heavy atom. The van der Waals surface area contributed by atoms with E-state index in [0.29, 0.717) is 17.8 Å². The molecular weight excluding hydrogens is 231 g/mol. The maximum atomic E-state index is 13.6. The van der Waals surface area contributed by atoms with Crippen LogP contribution in [0, 0.1) is 17.5 Å². The lowest BCUT2D eigenvalue weighted by molar-refractivity contribution is 0.496. The summed E-state index contributed by atoms with van der Waals surface area (Å²) in [6, 6.07) is 2.15. The van der Waals surface area contributed by atoms with Gasteiger partial charge in [0.2, 0.25) is 0 Å². The van der Waals surface area contributed by atoms with E-state index in [4.69, 9.17) is 0 Å². The van der Waals surface area contributed by atoms with Crippen molar-refractivity contribution in [3.63, 3.8) is 0 Å². The van der Waals surface area contributed by atoms with E-state index >= 15 is 0 Å². The number of nitrogens with zero attached hydrogens (tertiary/aromatic N) is 1. The van der Waals surface area contributed by atoms with E-state index in [2.05, 4.69) is 15.5 Å². The normalized spacial score (nSPS) is 12.7. The molecule has 90 valence electrons. The number of H-pyrrole nitrogens is 1. The second kappa shape index (κ2) is 4.58. The van der Waals surface area contributed by atoms with Crippen molar-refractivity contribution in [1.29, 1.82) is 0 Å². The molecule has 0 saturated carbocycles. The van der Waals surface area contributed by atoms with Gasteiger partial charge in [0.15, 0.2) is 0 Å². The first-order valence-corrected chi connectivity index (χ1v) is 4.94. The maximum Gasteiger partial charge on any atom is 0.134 e. The van der Waals surface area contributed by atoms with Crippen molar-refractivity contribution in [3.8, 4) is 0 Å². The minimum atomic E-state index is -0.941. The van der Waals surface area contributed by atoms with Gasteiger partial charge in [0, 0.05) is 23.9 Å². The average molecular weight is 241 g/mol. The van der Waals surface area contributed by atoms with Crippen LogP contribution in [-0.4, -0.2) is 17.2 Å². The first-order chi connectivity index (χ1) is 8.13. The number of hydrogen-bond donors (Lipinski definition) is 2. The standard InChI is InChI=1S/C11H10F3N3/c1-15-11(9-2-3-16-17-9)10-7(13)4-6(12)5-8(10)14/h2-5,11,15H,1H3,(H,16,17). The second-order valence-electron chi connectivity index (χ2n) is 3.52. The minimum Gasteiger partial charge on any atom is -0.308 e. The summed E-state index contributed by atoms with van der Waals surface area (Å²) in [7, 11) is 1.55. The summed E-state index contributed by atoms with van der Waals surface area (Å²) < 4.78 is 40.0. The number of benzene rings is 1. The third-order valence-corrected chi connectivity index (χ3v) is 2.45. The van der Waals surface area contributed by atoms with Gasteiger partial charge >= 0.3 is 0 Å². The molecular formula is C11H10F3N3. The molecule has 0 aliphatic heterocycles. The zero-order valence-corrected chi connectivity index (χ0v) is 8.97. The zero-order valence-electron chi connectivity index (χ0n) is 8.97. The van der Waals surface area contributed by atoms with Gasteiger partial charge in [-0.3, -0.25) is 5.10 Å². The van der Waals surface area contributed by atoms with Crippen LogP contribution in [0.15, 0.2) is 24.4 Å². The molecule has 1 aromatic heterocycles. The highest BCUT2D eigenvalue weighted by Gasteiger charge is 2.22.